The minimum atomic E-state index is -0.353. The molecule has 0 aromatic heterocycles. The van der Waals surface area contributed by atoms with Crippen LogP contribution in [-0.4, -0.2) is 11.9 Å². The Labute approximate surface area is 107 Å². The summed E-state index contributed by atoms with van der Waals surface area (Å²) in [6, 6.07) is 6.66. The smallest absolute Gasteiger partial charge is 0.313 e. The van der Waals surface area contributed by atoms with Crippen LogP contribution in [-0.2, 0) is 9.59 Å². The lowest BCUT2D eigenvalue weighted by Crippen LogP contribution is -2.16. The summed E-state index contributed by atoms with van der Waals surface area (Å²) in [7, 11) is 0. The van der Waals surface area contributed by atoms with E-state index in [0.29, 0.717) is 12.8 Å². The largest absolute Gasteiger partial charge is 0.423 e. The fourth-order valence-corrected chi connectivity index (χ4v) is 1.22. The van der Waals surface area contributed by atoms with Crippen molar-refractivity contribution in [1.82, 2.24) is 0 Å². The molecule has 1 aromatic rings. The molecule has 0 spiro atoms. The van der Waals surface area contributed by atoms with Gasteiger partial charge in [-0.25, -0.2) is 0 Å². The van der Waals surface area contributed by atoms with E-state index in [-0.39, 0.29) is 29.4 Å². The SMILES string of the molecule is CCCC(=O)Oc1ccccc1OC(=O)C(C)C. The third-order valence-electron chi connectivity index (χ3n) is 2.21. The molecule has 0 unspecified atom stereocenters. The van der Waals surface area contributed by atoms with E-state index in [2.05, 4.69) is 0 Å². The Balaban J connectivity index is 2.79. The fraction of sp³-hybridized carbons (Fsp3) is 0.429. The second-order valence-corrected chi connectivity index (χ2v) is 4.25. The molecule has 0 aliphatic heterocycles. The molecule has 1 rings (SSSR count). The van der Waals surface area contributed by atoms with Gasteiger partial charge in [-0.2, -0.15) is 0 Å². The van der Waals surface area contributed by atoms with Gasteiger partial charge in [-0.05, 0) is 18.6 Å². The van der Waals surface area contributed by atoms with Gasteiger partial charge in [-0.1, -0.05) is 32.9 Å². The fourth-order valence-electron chi connectivity index (χ4n) is 1.22. The van der Waals surface area contributed by atoms with Crippen molar-refractivity contribution in [3.05, 3.63) is 24.3 Å². The van der Waals surface area contributed by atoms with Crippen LogP contribution in [0.3, 0.4) is 0 Å². The summed E-state index contributed by atoms with van der Waals surface area (Å²) in [4.78, 5) is 22.9. The molecule has 0 atom stereocenters. The second-order valence-electron chi connectivity index (χ2n) is 4.25. The van der Waals surface area contributed by atoms with Crippen molar-refractivity contribution < 1.29 is 19.1 Å². The topological polar surface area (TPSA) is 52.6 Å². The molecule has 1 aromatic carbocycles. The molecule has 0 N–H and O–H groups in total. The van der Waals surface area contributed by atoms with E-state index in [1.807, 2.05) is 6.92 Å². The zero-order valence-corrected chi connectivity index (χ0v) is 10.9. The second kappa shape index (κ2) is 6.79. The van der Waals surface area contributed by atoms with Crippen LogP contribution in [0.1, 0.15) is 33.6 Å². The summed E-state index contributed by atoms with van der Waals surface area (Å²) in [5.74, 6) is -0.352. The number of benzene rings is 1. The predicted molar refractivity (Wildman–Crippen MR) is 67.5 cm³/mol. The quantitative estimate of drug-likeness (QED) is 0.595. The van der Waals surface area contributed by atoms with Crippen LogP contribution in [0.25, 0.3) is 0 Å². The molecule has 0 aliphatic carbocycles. The van der Waals surface area contributed by atoms with Crippen LogP contribution in [0.5, 0.6) is 11.5 Å². The number of hydrogen-bond acceptors (Lipinski definition) is 4. The molecule has 0 amide bonds. The summed E-state index contributed by atoms with van der Waals surface area (Å²) in [6.07, 6.45) is 1.05. The lowest BCUT2D eigenvalue weighted by atomic mass is 10.2. The van der Waals surface area contributed by atoms with E-state index in [4.69, 9.17) is 9.47 Å². The van der Waals surface area contributed by atoms with Gasteiger partial charge >= 0.3 is 11.9 Å². The molecule has 4 nitrogen and oxygen atoms in total. The van der Waals surface area contributed by atoms with Crippen LogP contribution in [0, 0.1) is 5.92 Å². The minimum Gasteiger partial charge on any atom is -0.423 e. The average Bonchev–Trinajstić information content (AvgIpc) is 2.31. The standard InChI is InChI=1S/C14H18O4/c1-4-7-13(15)17-11-8-5-6-9-12(11)18-14(16)10(2)3/h5-6,8-10H,4,7H2,1-3H3. The highest BCUT2D eigenvalue weighted by Gasteiger charge is 2.14. The number of esters is 2. The van der Waals surface area contributed by atoms with E-state index in [1.165, 1.54) is 0 Å². The molecule has 18 heavy (non-hydrogen) atoms. The lowest BCUT2D eigenvalue weighted by Gasteiger charge is -2.11. The molecule has 0 heterocycles. The molecule has 0 radical (unpaired) electrons. The van der Waals surface area contributed by atoms with Crippen LogP contribution < -0.4 is 9.47 Å². The highest BCUT2D eigenvalue weighted by atomic mass is 16.6. The average molecular weight is 250 g/mol. The number of carbonyl (C=O) groups is 2. The Hall–Kier alpha value is -1.84. The van der Waals surface area contributed by atoms with E-state index in [0.717, 1.165) is 0 Å². The van der Waals surface area contributed by atoms with Gasteiger partial charge in [-0.3, -0.25) is 9.59 Å². The van der Waals surface area contributed by atoms with Crippen molar-refractivity contribution in [2.75, 3.05) is 0 Å². The molecular formula is C14H18O4. The maximum Gasteiger partial charge on any atom is 0.313 e. The summed E-state index contributed by atoms with van der Waals surface area (Å²) < 4.78 is 10.3. The zero-order valence-electron chi connectivity index (χ0n) is 10.9. The third kappa shape index (κ3) is 4.20. The first-order valence-corrected chi connectivity index (χ1v) is 6.06. The minimum absolute atomic E-state index is 0.232. The Kier molecular flexibility index (Phi) is 5.36. The van der Waals surface area contributed by atoms with Gasteiger partial charge in [0.1, 0.15) is 0 Å². The Morgan fingerprint density at radius 1 is 1.11 bits per heavy atom. The lowest BCUT2D eigenvalue weighted by molar-refractivity contribution is -0.139. The molecule has 98 valence electrons. The molecule has 0 fully saturated rings. The number of hydrogen-bond donors (Lipinski definition) is 0. The first-order valence-electron chi connectivity index (χ1n) is 6.06. The highest BCUT2D eigenvalue weighted by molar-refractivity contribution is 5.77. The summed E-state index contributed by atoms with van der Waals surface area (Å²) in [5, 5.41) is 0. The Morgan fingerprint density at radius 3 is 2.17 bits per heavy atom. The Morgan fingerprint density at radius 2 is 1.67 bits per heavy atom. The van der Waals surface area contributed by atoms with Crippen molar-refractivity contribution in [3.8, 4) is 11.5 Å². The van der Waals surface area contributed by atoms with Gasteiger partial charge in [0.05, 0.1) is 5.92 Å². The number of para-hydroxylation sites is 2. The van der Waals surface area contributed by atoms with Crippen molar-refractivity contribution in [3.63, 3.8) is 0 Å². The predicted octanol–water partition coefficient (Wildman–Crippen LogP) is 2.95. The van der Waals surface area contributed by atoms with Crippen LogP contribution in [0.2, 0.25) is 0 Å². The third-order valence-corrected chi connectivity index (χ3v) is 2.21. The summed E-state index contributed by atoms with van der Waals surface area (Å²) in [6.45, 7) is 5.38. The van der Waals surface area contributed by atoms with Crippen LogP contribution in [0.4, 0.5) is 0 Å². The van der Waals surface area contributed by atoms with Gasteiger partial charge < -0.3 is 9.47 Å². The van der Waals surface area contributed by atoms with Crippen LogP contribution >= 0.6 is 0 Å². The van der Waals surface area contributed by atoms with Crippen molar-refractivity contribution in [2.24, 2.45) is 5.92 Å². The van der Waals surface area contributed by atoms with Gasteiger partial charge in [0.2, 0.25) is 0 Å². The van der Waals surface area contributed by atoms with Crippen LogP contribution in [0.15, 0.2) is 24.3 Å². The first-order chi connectivity index (χ1) is 8.54. The number of ether oxygens (including phenoxy) is 2. The zero-order chi connectivity index (χ0) is 13.5. The molecule has 0 aliphatic rings. The van der Waals surface area contributed by atoms with E-state index in [9.17, 15) is 9.59 Å². The number of carbonyl (C=O) groups excluding carboxylic acids is 2. The van der Waals surface area contributed by atoms with E-state index < -0.39 is 0 Å². The van der Waals surface area contributed by atoms with Gasteiger partial charge in [0.25, 0.3) is 0 Å². The normalized spacial score (nSPS) is 10.2. The molecule has 0 bridgehead atoms. The van der Waals surface area contributed by atoms with Gasteiger partial charge in [0, 0.05) is 6.42 Å². The first kappa shape index (κ1) is 14.2. The molecule has 0 saturated carbocycles. The van der Waals surface area contributed by atoms with Crippen molar-refractivity contribution in [1.29, 1.82) is 0 Å². The summed E-state index contributed by atoms with van der Waals surface area (Å²) in [5.41, 5.74) is 0. The molecule has 0 saturated heterocycles. The van der Waals surface area contributed by atoms with E-state index in [1.54, 1.807) is 38.1 Å². The van der Waals surface area contributed by atoms with E-state index >= 15 is 0 Å². The number of rotatable bonds is 5. The van der Waals surface area contributed by atoms with Crippen molar-refractivity contribution in [2.45, 2.75) is 33.6 Å². The molecular weight excluding hydrogens is 232 g/mol. The van der Waals surface area contributed by atoms with Gasteiger partial charge in [0.15, 0.2) is 11.5 Å². The monoisotopic (exact) mass is 250 g/mol. The maximum absolute atomic E-state index is 11.5. The maximum atomic E-state index is 11.5. The summed E-state index contributed by atoms with van der Waals surface area (Å²) >= 11 is 0. The van der Waals surface area contributed by atoms with Gasteiger partial charge in [-0.15, -0.1) is 0 Å². The van der Waals surface area contributed by atoms with Crippen molar-refractivity contribution >= 4 is 11.9 Å². The highest BCUT2D eigenvalue weighted by Crippen LogP contribution is 2.27. The Bertz CT molecular complexity index is 424. The molecule has 4 heteroatoms.